The second-order valence-electron chi connectivity index (χ2n) is 19.4. The summed E-state index contributed by atoms with van der Waals surface area (Å²) in [6, 6.07) is 0. The van der Waals surface area contributed by atoms with E-state index in [1.54, 1.807) is 0 Å². The third-order valence-electron chi connectivity index (χ3n) is 11.1. The van der Waals surface area contributed by atoms with E-state index < -0.39 is 13.9 Å². The molecule has 0 aliphatic carbocycles. The number of nitrogens with zero attached hydrogens (tertiary/aromatic N) is 1. The lowest BCUT2D eigenvalue weighted by molar-refractivity contribution is -0.870. The van der Waals surface area contributed by atoms with Crippen LogP contribution in [0.5, 0.6) is 0 Å². The van der Waals surface area contributed by atoms with Crippen LogP contribution >= 0.6 is 7.82 Å². The molecule has 0 heterocycles. The van der Waals surface area contributed by atoms with E-state index in [1.165, 1.54) is 96.3 Å². The molecule has 8 heteroatoms. The zero-order chi connectivity index (χ0) is 40.1. The predicted octanol–water partition coefficient (Wildman–Crippen LogP) is 13.1. The van der Waals surface area contributed by atoms with Crippen molar-refractivity contribution in [3.8, 4) is 0 Å². The number of quaternary nitrogens is 1. The number of phosphoric acid groups is 1. The van der Waals surface area contributed by atoms with E-state index in [2.05, 4.69) is 83.5 Å². The van der Waals surface area contributed by atoms with E-state index in [4.69, 9.17) is 18.5 Å². The van der Waals surface area contributed by atoms with E-state index in [-0.39, 0.29) is 13.2 Å². The summed E-state index contributed by atoms with van der Waals surface area (Å²) in [7, 11) is 2.27. The Bertz CT molecular complexity index is 864. The SMILES string of the molecule is CC(C)CCCC(C)CCCC(C)CCOCC(COP(=O)(O)OCCCC[N+](C)(C)C)OCCC(C)CCC[C@H](C)CCC[C@H](C)CCCC(C)C. The normalized spacial score (nSPS) is 17.2. The number of ether oxygens (including phenoxy) is 2. The first kappa shape index (κ1) is 53.0. The molecule has 0 aromatic heterocycles. The first-order chi connectivity index (χ1) is 24.9. The highest BCUT2D eigenvalue weighted by Gasteiger charge is 2.24. The van der Waals surface area contributed by atoms with Gasteiger partial charge in [0, 0.05) is 13.2 Å². The minimum absolute atomic E-state index is 0.0147. The van der Waals surface area contributed by atoms with Gasteiger partial charge in [-0.05, 0) is 67.1 Å². The van der Waals surface area contributed by atoms with Crippen molar-refractivity contribution in [3.63, 3.8) is 0 Å². The Morgan fingerprint density at radius 1 is 0.472 bits per heavy atom. The monoisotopic (exact) mass is 777 g/mol. The van der Waals surface area contributed by atoms with Gasteiger partial charge in [0.1, 0.15) is 6.10 Å². The molecular weight excluding hydrogens is 681 g/mol. The topological polar surface area (TPSA) is 74.2 Å². The Morgan fingerprint density at radius 3 is 1.28 bits per heavy atom. The average molecular weight is 777 g/mol. The second-order valence-corrected chi connectivity index (χ2v) is 20.9. The fourth-order valence-electron chi connectivity index (χ4n) is 7.08. The molecule has 0 saturated carbocycles. The fourth-order valence-corrected chi connectivity index (χ4v) is 7.87. The maximum absolute atomic E-state index is 12.7. The van der Waals surface area contributed by atoms with Crippen LogP contribution in [0.15, 0.2) is 0 Å². The smallest absolute Gasteiger partial charge is 0.379 e. The van der Waals surface area contributed by atoms with Crippen molar-refractivity contribution < 1.29 is 32.5 Å². The van der Waals surface area contributed by atoms with Crippen LogP contribution in [0.25, 0.3) is 0 Å². The van der Waals surface area contributed by atoms with Crippen LogP contribution in [0.1, 0.15) is 184 Å². The van der Waals surface area contributed by atoms with Gasteiger partial charge in [-0.3, -0.25) is 9.05 Å². The quantitative estimate of drug-likeness (QED) is 0.0382. The van der Waals surface area contributed by atoms with Crippen molar-refractivity contribution in [2.75, 3.05) is 60.7 Å². The highest BCUT2D eigenvalue weighted by molar-refractivity contribution is 7.47. The van der Waals surface area contributed by atoms with Crippen LogP contribution < -0.4 is 0 Å². The summed E-state index contributed by atoms with van der Waals surface area (Å²) in [5.41, 5.74) is 0. The zero-order valence-corrected chi connectivity index (χ0v) is 38.6. The lowest BCUT2D eigenvalue weighted by Gasteiger charge is -2.24. The molecule has 0 fully saturated rings. The highest BCUT2D eigenvalue weighted by atomic mass is 31.2. The van der Waals surface area contributed by atoms with Gasteiger partial charge in [0.05, 0.1) is 47.5 Å². The summed E-state index contributed by atoms with van der Waals surface area (Å²) < 4.78 is 36.6. The Labute approximate surface area is 332 Å². The number of hydrogen-bond donors (Lipinski definition) is 1. The van der Waals surface area contributed by atoms with E-state index >= 15 is 0 Å². The minimum Gasteiger partial charge on any atom is -0.379 e. The number of hydrogen-bond acceptors (Lipinski definition) is 5. The van der Waals surface area contributed by atoms with Crippen molar-refractivity contribution in [2.45, 2.75) is 190 Å². The van der Waals surface area contributed by atoms with Gasteiger partial charge in [0.15, 0.2) is 0 Å². The van der Waals surface area contributed by atoms with Crippen molar-refractivity contribution >= 4 is 7.82 Å². The Morgan fingerprint density at radius 2 is 0.868 bits per heavy atom. The number of phosphoric ester groups is 1. The zero-order valence-electron chi connectivity index (χ0n) is 37.7. The third-order valence-corrected chi connectivity index (χ3v) is 12.0. The number of unbranched alkanes of at least 4 members (excludes halogenated alkanes) is 1. The van der Waals surface area contributed by atoms with E-state index in [1.807, 2.05) is 0 Å². The molecule has 7 nitrogen and oxygen atoms in total. The minimum atomic E-state index is -4.15. The van der Waals surface area contributed by atoms with Crippen LogP contribution in [0, 0.1) is 41.4 Å². The molecule has 0 aliphatic heterocycles. The highest BCUT2D eigenvalue weighted by Crippen LogP contribution is 2.43. The summed E-state index contributed by atoms with van der Waals surface area (Å²) in [5.74, 6) is 5.28. The van der Waals surface area contributed by atoms with E-state index in [0.717, 1.165) is 66.3 Å². The van der Waals surface area contributed by atoms with E-state index in [0.29, 0.717) is 31.7 Å². The molecule has 0 aromatic carbocycles. The molecule has 0 amide bonds. The van der Waals surface area contributed by atoms with Crippen LogP contribution in [-0.2, 0) is 23.1 Å². The maximum atomic E-state index is 12.7. The van der Waals surface area contributed by atoms with Gasteiger partial charge >= 0.3 is 7.82 Å². The average Bonchev–Trinajstić information content (AvgIpc) is 3.04. The standard InChI is InChI=1S/C45H94NO6P/c1-38(2)20-15-22-40(5)24-17-25-42(7)27-19-29-44(9)31-35-50-45(37-52-53(47,48)51-33-14-13-32-46(10,11)12)36-49-34-30-43(8)28-18-26-41(6)23-16-21-39(3)4/h38-45H,13-37H2,1-12H3/p+1/t40-,41?,42-,43?,44?,45?/m1/s1. The molecule has 5 unspecified atom stereocenters. The molecule has 0 saturated heterocycles. The first-order valence-electron chi connectivity index (χ1n) is 22.5. The van der Waals surface area contributed by atoms with Crippen molar-refractivity contribution in [1.82, 2.24) is 0 Å². The van der Waals surface area contributed by atoms with Gasteiger partial charge in [-0.25, -0.2) is 4.57 Å². The molecule has 0 spiro atoms. The van der Waals surface area contributed by atoms with Crippen molar-refractivity contribution in [1.29, 1.82) is 0 Å². The lowest BCUT2D eigenvalue weighted by Crippen LogP contribution is -2.35. The van der Waals surface area contributed by atoms with Gasteiger partial charge in [0.25, 0.3) is 0 Å². The molecule has 53 heavy (non-hydrogen) atoms. The molecule has 0 radical (unpaired) electrons. The van der Waals surface area contributed by atoms with Gasteiger partial charge < -0.3 is 18.9 Å². The van der Waals surface area contributed by atoms with Gasteiger partial charge in [-0.15, -0.1) is 0 Å². The Balaban J connectivity index is 4.60. The lowest BCUT2D eigenvalue weighted by atomic mass is 9.91. The third kappa shape index (κ3) is 37.3. The molecule has 0 bridgehead atoms. The Kier molecular flexibility index (Phi) is 32.0. The van der Waals surface area contributed by atoms with Crippen LogP contribution in [0.2, 0.25) is 0 Å². The van der Waals surface area contributed by atoms with Gasteiger partial charge in [0.2, 0.25) is 0 Å². The summed E-state index contributed by atoms with van der Waals surface area (Å²) in [6.45, 7) is 24.0. The first-order valence-corrected chi connectivity index (χ1v) is 24.0. The Hall–Kier alpha value is -0.0100. The van der Waals surface area contributed by atoms with Gasteiger partial charge in [-0.1, -0.05) is 159 Å². The summed E-state index contributed by atoms with van der Waals surface area (Å²) in [6.07, 6.45) is 23.0. The summed E-state index contributed by atoms with van der Waals surface area (Å²) in [5, 5.41) is 0. The largest absolute Gasteiger partial charge is 0.472 e. The fraction of sp³-hybridized carbons (Fsp3) is 1.00. The molecule has 0 aromatic rings. The summed E-state index contributed by atoms with van der Waals surface area (Å²) in [4.78, 5) is 10.4. The van der Waals surface area contributed by atoms with Gasteiger partial charge in [-0.2, -0.15) is 0 Å². The molecule has 0 aliphatic rings. The molecular formula is C45H95NO6P+. The number of rotatable bonds is 38. The van der Waals surface area contributed by atoms with E-state index in [9.17, 15) is 9.46 Å². The molecule has 0 rings (SSSR count). The predicted molar refractivity (Wildman–Crippen MR) is 228 cm³/mol. The molecule has 7 atom stereocenters. The van der Waals surface area contributed by atoms with Crippen LogP contribution in [0.3, 0.4) is 0 Å². The van der Waals surface area contributed by atoms with Crippen LogP contribution in [0.4, 0.5) is 0 Å². The van der Waals surface area contributed by atoms with Crippen molar-refractivity contribution in [2.24, 2.45) is 41.4 Å². The van der Waals surface area contributed by atoms with Crippen LogP contribution in [-0.4, -0.2) is 76.2 Å². The molecule has 320 valence electrons. The molecule has 1 N–H and O–H groups in total. The maximum Gasteiger partial charge on any atom is 0.472 e. The second kappa shape index (κ2) is 32.0. The summed E-state index contributed by atoms with van der Waals surface area (Å²) >= 11 is 0. The van der Waals surface area contributed by atoms with Crippen molar-refractivity contribution in [3.05, 3.63) is 0 Å².